The van der Waals surface area contributed by atoms with Crippen molar-refractivity contribution in [1.29, 1.82) is 0 Å². The van der Waals surface area contributed by atoms with Gasteiger partial charge < -0.3 is 0 Å². The second-order valence-electron chi connectivity index (χ2n) is 2.72. The number of aryl methyl sites for hydroxylation is 1. The lowest BCUT2D eigenvalue weighted by Gasteiger charge is -1.97. The van der Waals surface area contributed by atoms with E-state index >= 15 is 0 Å². The van der Waals surface area contributed by atoms with E-state index in [1.54, 1.807) is 23.0 Å². The molecule has 0 atom stereocenters. The highest BCUT2D eigenvalue weighted by Gasteiger charge is 2.04. The summed E-state index contributed by atoms with van der Waals surface area (Å²) in [5.41, 5.74) is 0.753. The average Bonchev–Trinajstić information content (AvgIpc) is 2.48. The minimum Gasteiger partial charge on any atom is -0.219 e. The maximum atomic E-state index is 5.85. The van der Waals surface area contributed by atoms with Crippen molar-refractivity contribution < 1.29 is 0 Å². The van der Waals surface area contributed by atoms with Gasteiger partial charge in [0, 0.05) is 0 Å². The molecule has 2 heterocycles. The Balaban J connectivity index is 2.44. The molecule has 14 heavy (non-hydrogen) atoms. The van der Waals surface area contributed by atoms with E-state index in [0.29, 0.717) is 16.0 Å². The van der Waals surface area contributed by atoms with Gasteiger partial charge in [-0.3, -0.25) is 0 Å². The normalized spacial score (nSPS) is 10.5. The highest BCUT2D eigenvalue weighted by atomic mass is 35.5. The van der Waals surface area contributed by atoms with E-state index < -0.39 is 0 Å². The van der Waals surface area contributed by atoms with Gasteiger partial charge in [-0.25, -0.2) is 4.68 Å². The molecule has 0 fully saturated rings. The fourth-order valence-corrected chi connectivity index (χ4v) is 1.22. The van der Waals surface area contributed by atoms with Gasteiger partial charge in [-0.2, -0.15) is 5.10 Å². The molecule has 0 aliphatic heterocycles. The van der Waals surface area contributed by atoms with E-state index in [1.807, 2.05) is 6.92 Å². The molecule has 2 rings (SSSR count). The maximum Gasteiger partial charge on any atom is 0.175 e. The summed E-state index contributed by atoms with van der Waals surface area (Å²) in [6.07, 6.45) is 1.68. The van der Waals surface area contributed by atoms with Crippen molar-refractivity contribution in [3.63, 3.8) is 0 Å². The topological polar surface area (TPSA) is 43.6 Å². The summed E-state index contributed by atoms with van der Waals surface area (Å²) in [5, 5.41) is 12.7. The Labute approximate surface area is 90.5 Å². The molecule has 0 radical (unpaired) electrons. The predicted molar refractivity (Wildman–Crippen MR) is 53.9 cm³/mol. The molecule has 0 aromatic carbocycles. The molecule has 4 nitrogen and oxygen atoms in total. The van der Waals surface area contributed by atoms with Crippen molar-refractivity contribution >= 4 is 23.2 Å². The fraction of sp³-hybridized carbons (Fsp3) is 0.125. The molecule has 0 unspecified atom stereocenters. The number of hydrogen-bond donors (Lipinski definition) is 0. The van der Waals surface area contributed by atoms with Crippen LogP contribution >= 0.6 is 23.2 Å². The van der Waals surface area contributed by atoms with E-state index in [0.717, 1.165) is 5.69 Å². The highest BCUT2D eigenvalue weighted by molar-refractivity contribution is 6.31. The predicted octanol–water partition coefficient (Wildman–Crippen LogP) is 2.28. The second kappa shape index (κ2) is 3.55. The van der Waals surface area contributed by atoms with E-state index in [1.165, 1.54) is 0 Å². The van der Waals surface area contributed by atoms with Crippen LogP contribution in [0, 0.1) is 6.92 Å². The minimum atomic E-state index is 0.351. The Morgan fingerprint density at radius 2 is 2.00 bits per heavy atom. The molecule has 6 heteroatoms. The molecule has 0 saturated heterocycles. The summed E-state index contributed by atoms with van der Waals surface area (Å²) in [4.78, 5) is 0. The van der Waals surface area contributed by atoms with Gasteiger partial charge in [0.15, 0.2) is 11.0 Å². The lowest BCUT2D eigenvalue weighted by Crippen LogP contribution is -1.99. The van der Waals surface area contributed by atoms with Crippen LogP contribution < -0.4 is 0 Å². The summed E-state index contributed by atoms with van der Waals surface area (Å²) < 4.78 is 1.56. The molecule has 0 spiro atoms. The molecule has 0 saturated carbocycles. The Bertz CT molecular complexity index is 429. The first-order chi connectivity index (χ1) is 6.66. The SMILES string of the molecule is Cc1nn(-c2ccc(Cl)nn2)cc1Cl. The number of hydrogen-bond acceptors (Lipinski definition) is 3. The van der Waals surface area contributed by atoms with Crippen molar-refractivity contribution in [2.75, 3.05) is 0 Å². The van der Waals surface area contributed by atoms with Crippen molar-refractivity contribution in [3.8, 4) is 5.82 Å². The Hall–Kier alpha value is -1.13. The average molecular weight is 229 g/mol. The van der Waals surface area contributed by atoms with Gasteiger partial charge in [-0.05, 0) is 19.1 Å². The van der Waals surface area contributed by atoms with Crippen LogP contribution in [0.1, 0.15) is 5.69 Å². The first kappa shape index (κ1) is 9.43. The van der Waals surface area contributed by atoms with Crippen molar-refractivity contribution in [2.24, 2.45) is 0 Å². The smallest absolute Gasteiger partial charge is 0.175 e. The lowest BCUT2D eigenvalue weighted by molar-refractivity contribution is 0.804. The van der Waals surface area contributed by atoms with Gasteiger partial charge in [0.25, 0.3) is 0 Å². The summed E-state index contributed by atoms with van der Waals surface area (Å²) in [7, 11) is 0. The minimum absolute atomic E-state index is 0.351. The first-order valence-corrected chi connectivity index (χ1v) is 4.64. The van der Waals surface area contributed by atoms with Crippen molar-refractivity contribution in [1.82, 2.24) is 20.0 Å². The van der Waals surface area contributed by atoms with Gasteiger partial charge in [0.05, 0.1) is 16.9 Å². The van der Waals surface area contributed by atoms with E-state index in [2.05, 4.69) is 15.3 Å². The third-order valence-corrected chi connectivity index (χ3v) is 2.26. The number of nitrogens with zero attached hydrogens (tertiary/aromatic N) is 4. The third-order valence-electron chi connectivity index (χ3n) is 1.69. The molecule has 72 valence electrons. The van der Waals surface area contributed by atoms with Crippen LogP contribution in [0.2, 0.25) is 10.2 Å². The second-order valence-corrected chi connectivity index (χ2v) is 3.52. The first-order valence-electron chi connectivity index (χ1n) is 3.88. The zero-order valence-corrected chi connectivity index (χ0v) is 8.79. The number of aromatic nitrogens is 4. The largest absolute Gasteiger partial charge is 0.219 e. The van der Waals surface area contributed by atoms with E-state index in [4.69, 9.17) is 23.2 Å². The molecule has 0 aliphatic rings. The molecule has 0 bridgehead atoms. The number of rotatable bonds is 1. The van der Waals surface area contributed by atoms with E-state index in [9.17, 15) is 0 Å². The molecule has 2 aromatic heterocycles. The quantitative estimate of drug-likeness (QED) is 0.753. The summed E-state index contributed by atoms with van der Waals surface area (Å²) >= 11 is 11.5. The van der Waals surface area contributed by atoms with Crippen LogP contribution in [0.3, 0.4) is 0 Å². The molecule has 2 aromatic rings. The Morgan fingerprint density at radius 1 is 1.21 bits per heavy atom. The molecule has 0 N–H and O–H groups in total. The molecule has 0 amide bonds. The van der Waals surface area contributed by atoms with Crippen molar-refractivity contribution in [3.05, 3.63) is 34.2 Å². The van der Waals surface area contributed by atoms with Crippen LogP contribution in [0.5, 0.6) is 0 Å². The molecular formula is C8H6Cl2N4. The fourth-order valence-electron chi connectivity index (χ4n) is 0.988. The van der Waals surface area contributed by atoms with Crippen LogP contribution in [0.15, 0.2) is 18.3 Å². The van der Waals surface area contributed by atoms with Crippen LogP contribution in [0.4, 0.5) is 0 Å². The molecule has 0 aliphatic carbocycles. The summed E-state index contributed by atoms with van der Waals surface area (Å²) in [6, 6.07) is 3.37. The Morgan fingerprint density at radius 3 is 2.50 bits per heavy atom. The van der Waals surface area contributed by atoms with Gasteiger partial charge in [-0.1, -0.05) is 23.2 Å². The monoisotopic (exact) mass is 228 g/mol. The van der Waals surface area contributed by atoms with Crippen LogP contribution in [-0.4, -0.2) is 20.0 Å². The maximum absolute atomic E-state index is 5.85. The van der Waals surface area contributed by atoms with Crippen LogP contribution in [-0.2, 0) is 0 Å². The van der Waals surface area contributed by atoms with Gasteiger partial charge in [0.2, 0.25) is 0 Å². The summed E-state index contributed by atoms with van der Waals surface area (Å²) in [6.45, 7) is 1.82. The van der Waals surface area contributed by atoms with Crippen molar-refractivity contribution in [2.45, 2.75) is 6.92 Å². The van der Waals surface area contributed by atoms with E-state index in [-0.39, 0.29) is 0 Å². The third kappa shape index (κ3) is 1.71. The zero-order valence-electron chi connectivity index (χ0n) is 7.28. The van der Waals surface area contributed by atoms with Gasteiger partial charge in [0.1, 0.15) is 0 Å². The standard InChI is InChI=1S/C8H6Cl2N4/c1-5-6(9)4-14(13-5)8-3-2-7(10)11-12-8/h2-4H,1H3. The Kier molecular flexibility index (Phi) is 2.39. The lowest BCUT2D eigenvalue weighted by atomic mass is 10.5. The van der Waals surface area contributed by atoms with Crippen LogP contribution in [0.25, 0.3) is 5.82 Å². The number of halogens is 2. The summed E-state index contributed by atoms with van der Waals surface area (Å²) in [5.74, 6) is 0.587. The zero-order chi connectivity index (χ0) is 10.1. The van der Waals surface area contributed by atoms with Gasteiger partial charge >= 0.3 is 0 Å². The highest BCUT2D eigenvalue weighted by Crippen LogP contribution is 2.15. The molecular weight excluding hydrogens is 223 g/mol. The van der Waals surface area contributed by atoms with Gasteiger partial charge in [-0.15, -0.1) is 10.2 Å².